The monoisotopic (exact) mass is 526 g/mol. The summed E-state index contributed by atoms with van der Waals surface area (Å²) in [5.41, 5.74) is 5.20. The molecule has 0 aliphatic rings. The van der Waals surface area contributed by atoms with Crippen molar-refractivity contribution >= 4 is 44.0 Å². The lowest BCUT2D eigenvalue weighted by molar-refractivity contribution is -0.123. The van der Waals surface area contributed by atoms with E-state index in [9.17, 15) is 4.79 Å². The first-order chi connectivity index (χ1) is 13.8. The van der Waals surface area contributed by atoms with Crippen molar-refractivity contribution < 1.29 is 19.0 Å². The van der Waals surface area contributed by atoms with Crippen LogP contribution in [-0.2, 0) is 4.79 Å². The summed E-state index contributed by atoms with van der Waals surface area (Å²) in [6.45, 7) is 5.96. The molecule has 0 saturated heterocycles. The van der Waals surface area contributed by atoms with Crippen LogP contribution in [0.5, 0.6) is 17.2 Å². The summed E-state index contributed by atoms with van der Waals surface area (Å²) < 4.78 is 18.1. The second-order valence-corrected chi connectivity index (χ2v) is 8.21. The fourth-order valence-electron chi connectivity index (χ4n) is 2.56. The summed E-state index contributed by atoms with van der Waals surface area (Å²) in [4.78, 5) is 12.2. The van der Waals surface area contributed by atoms with E-state index < -0.39 is 0 Å². The number of carbonyl (C=O) groups is 1. The molecule has 0 radical (unpaired) electrons. The quantitative estimate of drug-likeness (QED) is 0.379. The first kappa shape index (κ1) is 23.2. The Morgan fingerprint density at radius 1 is 1.21 bits per heavy atom. The van der Waals surface area contributed by atoms with Crippen molar-refractivity contribution in [3.05, 3.63) is 49.9 Å². The molecule has 0 heterocycles. The number of nitrogens with zero attached hydrogens (tertiary/aromatic N) is 1. The first-order valence-electron chi connectivity index (χ1n) is 8.93. The zero-order valence-electron chi connectivity index (χ0n) is 17.0. The molecule has 1 N–H and O–H groups in total. The topological polar surface area (TPSA) is 69.2 Å². The average Bonchev–Trinajstić information content (AvgIpc) is 2.71. The Labute approximate surface area is 187 Å². The lowest BCUT2D eigenvalue weighted by atomic mass is 10.0. The average molecular weight is 528 g/mol. The lowest BCUT2D eigenvalue weighted by Crippen LogP contribution is -2.25. The Balaban J connectivity index is 2.04. The molecule has 1 amide bonds. The van der Waals surface area contributed by atoms with Crippen LogP contribution in [-0.4, -0.2) is 32.9 Å². The van der Waals surface area contributed by atoms with Gasteiger partial charge in [0.25, 0.3) is 5.91 Å². The predicted octanol–water partition coefficient (Wildman–Crippen LogP) is 5.19. The number of nitrogens with one attached hydrogen (secondary N) is 1. The van der Waals surface area contributed by atoms with E-state index in [1.165, 1.54) is 6.21 Å². The zero-order chi connectivity index (χ0) is 21.6. The van der Waals surface area contributed by atoms with Crippen LogP contribution < -0.4 is 19.6 Å². The Morgan fingerprint density at radius 3 is 2.55 bits per heavy atom. The van der Waals surface area contributed by atoms with E-state index >= 15 is 0 Å². The molecule has 0 spiro atoms. The number of ether oxygens (including phenoxy) is 3. The maximum absolute atomic E-state index is 12.2. The molecule has 0 fully saturated rings. The highest BCUT2D eigenvalue weighted by Crippen LogP contribution is 2.40. The van der Waals surface area contributed by atoms with Crippen molar-refractivity contribution in [1.29, 1.82) is 0 Å². The van der Waals surface area contributed by atoms with Gasteiger partial charge in [-0.1, -0.05) is 29.8 Å². The minimum atomic E-state index is -0.365. The number of hydrazone groups is 1. The third kappa shape index (κ3) is 5.96. The Hall–Kier alpha value is -2.06. The second kappa shape index (κ2) is 10.6. The highest BCUT2D eigenvalue weighted by atomic mass is 79.9. The van der Waals surface area contributed by atoms with Gasteiger partial charge in [-0.3, -0.25) is 4.79 Å². The number of hydrogen-bond acceptors (Lipinski definition) is 5. The Bertz CT molecular complexity index is 914. The van der Waals surface area contributed by atoms with Gasteiger partial charge in [0.05, 0.1) is 24.9 Å². The number of amides is 1. The molecule has 6 nitrogen and oxygen atoms in total. The molecule has 0 aromatic heterocycles. The molecule has 0 aliphatic carbocycles. The molecule has 8 heteroatoms. The SMILES string of the molecule is COc1ccc(C=NNC(=O)COc2c(C(C)C)cc(Br)c(C)c2Br)c(OC)c1. The fraction of sp³-hybridized carbons (Fsp3) is 0.333. The molecule has 2 rings (SSSR count). The van der Waals surface area contributed by atoms with Crippen LogP contribution in [0.25, 0.3) is 0 Å². The van der Waals surface area contributed by atoms with Crippen LogP contribution in [0.3, 0.4) is 0 Å². The van der Waals surface area contributed by atoms with E-state index in [2.05, 4.69) is 56.2 Å². The summed E-state index contributed by atoms with van der Waals surface area (Å²) in [5, 5.41) is 3.98. The van der Waals surface area contributed by atoms with E-state index in [0.717, 1.165) is 20.1 Å². The van der Waals surface area contributed by atoms with Gasteiger partial charge in [0.15, 0.2) is 6.61 Å². The third-order valence-corrected chi connectivity index (χ3v) is 6.01. The summed E-state index contributed by atoms with van der Waals surface area (Å²) in [6.07, 6.45) is 1.51. The van der Waals surface area contributed by atoms with Crippen LogP contribution in [0.2, 0.25) is 0 Å². The van der Waals surface area contributed by atoms with E-state index in [4.69, 9.17) is 14.2 Å². The van der Waals surface area contributed by atoms with Crippen molar-refractivity contribution in [3.8, 4) is 17.2 Å². The minimum absolute atomic E-state index is 0.156. The number of carbonyl (C=O) groups excluding carboxylic acids is 1. The summed E-state index contributed by atoms with van der Waals surface area (Å²) >= 11 is 7.13. The minimum Gasteiger partial charge on any atom is -0.497 e. The number of benzene rings is 2. The van der Waals surface area contributed by atoms with Gasteiger partial charge in [0, 0.05) is 16.1 Å². The largest absolute Gasteiger partial charge is 0.497 e. The molecule has 0 saturated carbocycles. The van der Waals surface area contributed by atoms with Gasteiger partial charge in [-0.05, 0) is 58.1 Å². The third-order valence-electron chi connectivity index (χ3n) is 4.23. The molecule has 29 heavy (non-hydrogen) atoms. The summed E-state index contributed by atoms with van der Waals surface area (Å²) in [6, 6.07) is 7.34. The van der Waals surface area contributed by atoms with Gasteiger partial charge in [-0.2, -0.15) is 5.10 Å². The van der Waals surface area contributed by atoms with Crippen LogP contribution in [0, 0.1) is 6.92 Å². The molecule has 2 aromatic carbocycles. The molecule has 0 aliphatic heterocycles. The molecule has 0 unspecified atom stereocenters. The molecule has 0 atom stereocenters. The van der Waals surface area contributed by atoms with Gasteiger partial charge in [0.2, 0.25) is 0 Å². The van der Waals surface area contributed by atoms with Gasteiger partial charge in [0.1, 0.15) is 17.2 Å². The van der Waals surface area contributed by atoms with Gasteiger partial charge in [-0.25, -0.2) is 5.43 Å². The maximum Gasteiger partial charge on any atom is 0.277 e. The molecule has 156 valence electrons. The predicted molar refractivity (Wildman–Crippen MR) is 121 cm³/mol. The van der Waals surface area contributed by atoms with Gasteiger partial charge >= 0.3 is 0 Å². The first-order valence-corrected chi connectivity index (χ1v) is 10.5. The number of methoxy groups -OCH3 is 2. The van der Waals surface area contributed by atoms with Crippen molar-refractivity contribution in [3.63, 3.8) is 0 Å². The van der Waals surface area contributed by atoms with Gasteiger partial charge < -0.3 is 14.2 Å². The Kier molecular flexibility index (Phi) is 8.52. The van der Waals surface area contributed by atoms with Crippen LogP contribution in [0.15, 0.2) is 38.3 Å². The standard InChI is InChI=1S/C21H24Br2N2O4/c1-12(2)16-9-17(22)13(3)20(23)21(16)29-11-19(26)25-24-10-14-6-7-15(27-4)8-18(14)28-5/h6-10,12H,11H2,1-5H3,(H,25,26). The van der Waals surface area contributed by atoms with Crippen molar-refractivity contribution in [2.24, 2.45) is 5.10 Å². The van der Waals surface area contributed by atoms with Crippen LogP contribution in [0.1, 0.15) is 36.5 Å². The highest BCUT2D eigenvalue weighted by Gasteiger charge is 2.17. The number of hydrogen-bond donors (Lipinski definition) is 1. The molecular weight excluding hydrogens is 504 g/mol. The normalized spacial score (nSPS) is 11.0. The maximum atomic E-state index is 12.2. The lowest BCUT2D eigenvalue weighted by Gasteiger charge is -2.18. The van der Waals surface area contributed by atoms with Crippen molar-refractivity contribution in [2.75, 3.05) is 20.8 Å². The molecule has 2 aromatic rings. The fourth-order valence-corrected chi connectivity index (χ4v) is 3.82. The summed E-state index contributed by atoms with van der Waals surface area (Å²) in [7, 11) is 3.14. The summed E-state index contributed by atoms with van der Waals surface area (Å²) in [5.74, 6) is 1.80. The van der Waals surface area contributed by atoms with Gasteiger partial charge in [-0.15, -0.1) is 0 Å². The molecular formula is C21H24Br2N2O4. The van der Waals surface area contributed by atoms with Crippen molar-refractivity contribution in [1.82, 2.24) is 5.43 Å². The number of rotatable bonds is 8. The zero-order valence-corrected chi connectivity index (χ0v) is 20.2. The van der Waals surface area contributed by atoms with Crippen LogP contribution in [0.4, 0.5) is 0 Å². The van der Waals surface area contributed by atoms with Crippen LogP contribution >= 0.6 is 31.9 Å². The van der Waals surface area contributed by atoms with E-state index in [0.29, 0.717) is 22.8 Å². The van der Waals surface area contributed by atoms with E-state index in [1.807, 2.05) is 13.0 Å². The highest BCUT2D eigenvalue weighted by molar-refractivity contribution is 9.11. The number of halogens is 2. The van der Waals surface area contributed by atoms with E-state index in [-0.39, 0.29) is 18.4 Å². The Morgan fingerprint density at radius 2 is 1.93 bits per heavy atom. The van der Waals surface area contributed by atoms with Crippen molar-refractivity contribution in [2.45, 2.75) is 26.7 Å². The van der Waals surface area contributed by atoms with E-state index in [1.54, 1.807) is 32.4 Å². The smallest absolute Gasteiger partial charge is 0.277 e. The molecule has 0 bridgehead atoms. The second-order valence-electron chi connectivity index (χ2n) is 6.56.